The first-order valence-electron chi connectivity index (χ1n) is 4.45. The molecule has 4 heteroatoms. The van der Waals surface area contributed by atoms with Gasteiger partial charge in [-0.3, -0.25) is 0 Å². The normalized spacial score (nSPS) is 11.9. The summed E-state index contributed by atoms with van der Waals surface area (Å²) < 4.78 is 5.37. The summed E-state index contributed by atoms with van der Waals surface area (Å²) >= 11 is 0. The largest absolute Gasteiger partial charge is 0.475 e. The molecule has 0 aliphatic rings. The zero-order chi connectivity index (χ0) is 10.6. The average Bonchev–Trinajstić information content (AvgIpc) is 2.17. The number of pyridine rings is 1. The van der Waals surface area contributed by atoms with E-state index < -0.39 is 0 Å². The Morgan fingerprint density at radius 1 is 1.50 bits per heavy atom. The molecule has 0 spiro atoms. The zero-order valence-electron chi connectivity index (χ0n) is 8.56. The maximum Gasteiger partial charge on any atom is 0.213 e. The van der Waals surface area contributed by atoms with Gasteiger partial charge in [0.25, 0.3) is 0 Å². The van der Waals surface area contributed by atoms with Crippen LogP contribution in [0.4, 0.5) is 0 Å². The number of ether oxygens (including phenoxy) is 1. The zero-order valence-corrected chi connectivity index (χ0v) is 8.56. The van der Waals surface area contributed by atoms with Crippen molar-refractivity contribution in [2.75, 3.05) is 0 Å². The monoisotopic (exact) mass is 194 g/mol. The highest BCUT2D eigenvalue weighted by molar-refractivity contribution is 5.97. The highest BCUT2D eigenvalue weighted by atomic mass is 16.5. The third-order valence-electron chi connectivity index (χ3n) is 1.66. The van der Waals surface area contributed by atoms with Gasteiger partial charge in [0.05, 0.1) is 11.8 Å². The number of oxime groups is 1. The van der Waals surface area contributed by atoms with E-state index in [1.807, 2.05) is 13.8 Å². The third kappa shape index (κ3) is 2.73. The molecule has 76 valence electrons. The van der Waals surface area contributed by atoms with E-state index in [0.717, 1.165) is 5.56 Å². The molecular formula is C10H14N2O2. The summed E-state index contributed by atoms with van der Waals surface area (Å²) in [5.41, 5.74) is 1.32. The first kappa shape index (κ1) is 10.5. The number of hydrogen-bond donors (Lipinski definition) is 1. The van der Waals surface area contributed by atoms with Crippen LogP contribution in [0.15, 0.2) is 23.5 Å². The van der Waals surface area contributed by atoms with Crippen LogP contribution < -0.4 is 4.74 Å². The maximum absolute atomic E-state index is 8.53. The molecule has 0 aromatic carbocycles. The Morgan fingerprint density at radius 2 is 2.21 bits per heavy atom. The van der Waals surface area contributed by atoms with Gasteiger partial charge in [0, 0.05) is 17.8 Å². The lowest BCUT2D eigenvalue weighted by molar-refractivity contribution is 0.232. The van der Waals surface area contributed by atoms with Gasteiger partial charge in [0.1, 0.15) is 0 Å². The van der Waals surface area contributed by atoms with Crippen molar-refractivity contribution in [2.24, 2.45) is 5.16 Å². The lowest BCUT2D eigenvalue weighted by Crippen LogP contribution is -2.07. The number of nitrogens with zero attached hydrogens (tertiary/aromatic N) is 2. The van der Waals surface area contributed by atoms with Gasteiger partial charge in [-0.2, -0.15) is 0 Å². The van der Waals surface area contributed by atoms with Crippen LogP contribution in [0.25, 0.3) is 0 Å². The molecule has 1 N–H and O–H groups in total. The Balaban J connectivity index is 2.78. The van der Waals surface area contributed by atoms with E-state index in [9.17, 15) is 0 Å². The van der Waals surface area contributed by atoms with Crippen LogP contribution in [-0.4, -0.2) is 22.0 Å². The summed E-state index contributed by atoms with van der Waals surface area (Å²) in [6.45, 7) is 5.59. The molecule has 0 fully saturated rings. The summed E-state index contributed by atoms with van der Waals surface area (Å²) in [5.74, 6) is 0.578. The second kappa shape index (κ2) is 4.60. The summed E-state index contributed by atoms with van der Waals surface area (Å²) in [4.78, 5) is 4.07. The second-order valence-electron chi connectivity index (χ2n) is 3.24. The molecule has 0 atom stereocenters. The van der Waals surface area contributed by atoms with E-state index in [4.69, 9.17) is 9.94 Å². The summed E-state index contributed by atoms with van der Waals surface area (Å²) in [6, 6.07) is 3.56. The molecule has 0 amide bonds. The molecule has 0 aliphatic carbocycles. The summed E-state index contributed by atoms with van der Waals surface area (Å²) in [5, 5.41) is 11.6. The molecule has 1 aromatic rings. The molecule has 1 rings (SSSR count). The minimum Gasteiger partial charge on any atom is -0.475 e. The first-order chi connectivity index (χ1) is 6.63. The van der Waals surface area contributed by atoms with Gasteiger partial charge in [-0.1, -0.05) is 5.16 Å². The lowest BCUT2D eigenvalue weighted by Gasteiger charge is -2.08. The Bertz CT molecular complexity index is 317. The van der Waals surface area contributed by atoms with Gasteiger partial charge in [-0.05, 0) is 26.8 Å². The van der Waals surface area contributed by atoms with Gasteiger partial charge in [-0.25, -0.2) is 4.98 Å². The van der Waals surface area contributed by atoms with Crippen LogP contribution >= 0.6 is 0 Å². The van der Waals surface area contributed by atoms with Crippen molar-refractivity contribution in [3.63, 3.8) is 0 Å². The van der Waals surface area contributed by atoms with E-state index in [-0.39, 0.29) is 6.10 Å². The van der Waals surface area contributed by atoms with Crippen LogP contribution in [0.3, 0.4) is 0 Å². The topological polar surface area (TPSA) is 54.7 Å². The van der Waals surface area contributed by atoms with Crippen LogP contribution in [-0.2, 0) is 0 Å². The Morgan fingerprint density at radius 3 is 2.64 bits per heavy atom. The van der Waals surface area contributed by atoms with Crippen molar-refractivity contribution >= 4 is 5.71 Å². The molecule has 0 aliphatic heterocycles. The smallest absolute Gasteiger partial charge is 0.213 e. The van der Waals surface area contributed by atoms with Crippen molar-refractivity contribution in [1.29, 1.82) is 0 Å². The summed E-state index contributed by atoms with van der Waals surface area (Å²) in [7, 11) is 0. The molecule has 0 bridgehead atoms. The van der Waals surface area contributed by atoms with Gasteiger partial charge in [0.15, 0.2) is 0 Å². The molecule has 0 saturated heterocycles. The van der Waals surface area contributed by atoms with Gasteiger partial charge < -0.3 is 9.94 Å². The summed E-state index contributed by atoms with van der Waals surface area (Å²) in [6.07, 6.45) is 1.73. The number of hydrogen-bond acceptors (Lipinski definition) is 4. The predicted molar refractivity (Wildman–Crippen MR) is 54.0 cm³/mol. The fraction of sp³-hybridized carbons (Fsp3) is 0.400. The van der Waals surface area contributed by atoms with E-state index in [0.29, 0.717) is 11.6 Å². The fourth-order valence-corrected chi connectivity index (χ4v) is 0.963. The molecule has 1 heterocycles. The molecule has 14 heavy (non-hydrogen) atoms. The van der Waals surface area contributed by atoms with Crippen molar-refractivity contribution < 1.29 is 9.94 Å². The third-order valence-corrected chi connectivity index (χ3v) is 1.66. The van der Waals surface area contributed by atoms with Crippen LogP contribution in [0.1, 0.15) is 26.3 Å². The molecule has 0 saturated carbocycles. The van der Waals surface area contributed by atoms with Crippen molar-refractivity contribution in [2.45, 2.75) is 26.9 Å². The Hall–Kier alpha value is -1.58. The Kier molecular flexibility index (Phi) is 3.45. The number of aromatic nitrogens is 1. The lowest BCUT2D eigenvalue weighted by atomic mass is 10.2. The van der Waals surface area contributed by atoms with Crippen molar-refractivity contribution in [3.05, 3.63) is 23.9 Å². The minimum atomic E-state index is 0.112. The van der Waals surface area contributed by atoms with Crippen LogP contribution in [0.5, 0.6) is 5.88 Å². The van der Waals surface area contributed by atoms with E-state index >= 15 is 0 Å². The molecule has 4 nitrogen and oxygen atoms in total. The van der Waals surface area contributed by atoms with E-state index in [2.05, 4.69) is 10.1 Å². The van der Waals surface area contributed by atoms with Gasteiger partial charge in [-0.15, -0.1) is 0 Å². The second-order valence-corrected chi connectivity index (χ2v) is 3.24. The molecule has 0 unspecified atom stereocenters. The van der Waals surface area contributed by atoms with E-state index in [1.54, 1.807) is 25.3 Å². The van der Waals surface area contributed by atoms with Crippen molar-refractivity contribution in [1.82, 2.24) is 4.98 Å². The minimum absolute atomic E-state index is 0.112. The highest BCUT2D eigenvalue weighted by Crippen LogP contribution is 2.09. The van der Waals surface area contributed by atoms with Crippen LogP contribution in [0.2, 0.25) is 0 Å². The van der Waals surface area contributed by atoms with Gasteiger partial charge in [0.2, 0.25) is 5.88 Å². The molecule has 1 aromatic heterocycles. The standard InChI is InChI=1S/C10H14N2O2/c1-7(2)14-10-5-4-9(6-11-10)8(3)12-13/h4-7,13H,1-3H3. The predicted octanol–water partition coefficient (Wildman–Crippen LogP) is 2.07. The van der Waals surface area contributed by atoms with Gasteiger partial charge >= 0.3 is 0 Å². The molecule has 0 radical (unpaired) electrons. The Labute approximate surface area is 83.2 Å². The maximum atomic E-state index is 8.53. The fourth-order valence-electron chi connectivity index (χ4n) is 0.963. The first-order valence-corrected chi connectivity index (χ1v) is 4.45. The highest BCUT2D eigenvalue weighted by Gasteiger charge is 2.01. The number of rotatable bonds is 3. The van der Waals surface area contributed by atoms with E-state index in [1.165, 1.54) is 0 Å². The SMILES string of the molecule is CC(=NO)c1ccc(OC(C)C)nc1. The quantitative estimate of drug-likeness (QED) is 0.455. The van der Waals surface area contributed by atoms with Crippen molar-refractivity contribution in [3.8, 4) is 5.88 Å². The molecular weight excluding hydrogens is 180 g/mol. The average molecular weight is 194 g/mol. The van der Waals surface area contributed by atoms with Crippen LogP contribution in [0, 0.1) is 0 Å².